The van der Waals surface area contributed by atoms with Crippen molar-refractivity contribution in [2.45, 2.75) is 26.3 Å². The second-order valence-corrected chi connectivity index (χ2v) is 6.00. The number of amides is 1. The molecule has 3 rings (SSSR count). The first-order chi connectivity index (χ1) is 11.2. The zero-order valence-corrected chi connectivity index (χ0v) is 13.4. The van der Waals surface area contributed by atoms with Crippen molar-refractivity contribution < 1.29 is 4.79 Å². The SMILES string of the molecule is CCNCC1CCN(C(=O)Cn2nc3ccccn3c2=O)CC1. The van der Waals surface area contributed by atoms with Crippen molar-refractivity contribution in [1.29, 1.82) is 0 Å². The summed E-state index contributed by atoms with van der Waals surface area (Å²) in [7, 11) is 0. The number of hydrogen-bond acceptors (Lipinski definition) is 4. The lowest BCUT2D eigenvalue weighted by Crippen LogP contribution is -2.43. The lowest BCUT2D eigenvalue weighted by molar-refractivity contribution is -0.133. The molecule has 1 N–H and O–H groups in total. The fourth-order valence-electron chi connectivity index (χ4n) is 3.03. The van der Waals surface area contributed by atoms with Crippen molar-refractivity contribution in [2.75, 3.05) is 26.2 Å². The van der Waals surface area contributed by atoms with Gasteiger partial charge in [0.15, 0.2) is 5.65 Å². The van der Waals surface area contributed by atoms with Crippen molar-refractivity contribution >= 4 is 11.6 Å². The van der Waals surface area contributed by atoms with E-state index < -0.39 is 0 Å². The Kier molecular flexibility index (Phi) is 4.76. The molecule has 23 heavy (non-hydrogen) atoms. The minimum Gasteiger partial charge on any atom is -0.341 e. The predicted octanol–water partition coefficient (Wildman–Crippen LogP) is 0.344. The number of nitrogens with zero attached hydrogens (tertiary/aromatic N) is 4. The average molecular weight is 317 g/mol. The Balaban J connectivity index is 1.61. The highest BCUT2D eigenvalue weighted by Gasteiger charge is 2.23. The van der Waals surface area contributed by atoms with Crippen molar-refractivity contribution in [2.24, 2.45) is 5.92 Å². The monoisotopic (exact) mass is 317 g/mol. The third kappa shape index (κ3) is 3.44. The van der Waals surface area contributed by atoms with Crippen molar-refractivity contribution in [3.63, 3.8) is 0 Å². The fraction of sp³-hybridized carbons (Fsp3) is 0.562. The topological polar surface area (TPSA) is 71.6 Å². The normalized spacial score (nSPS) is 16.1. The summed E-state index contributed by atoms with van der Waals surface area (Å²) in [6, 6.07) is 5.36. The Labute approximate surface area is 134 Å². The molecule has 3 heterocycles. The lowest BCUT2D eigenvalue weighted by atomic mass is 9.97. The first kappa shape index (κ1) is 15.7. The molecule has 7 nitrogen and oxygen atoms in total. The number of piperidine rings is 1. The minimum absolute atomic E-state index is 0.0123. The van der Waals surface area contributed by atoms with Gasteiger partial charge in [0.1, 0.15) is 6.54 Å². The van der Waals surface area contributed by atoms with E-state index in [2.05, 4.69) is 17.3 Å². The molecular formula is C16H23N5O2. The highest BCUT2D eigenvalue weighted by atomic mass is 16.2. The molecule has 2 aromatic heterocycles. The number of carbonyl (C=O) groups excluding carboxylic acids is 1. The summed E-state index contributed by atoms with van der Waals surface area (Å²) in [5.41, 5.74) is 0.297. The zero-order valence-electron chi connectivity index (χ0n) is 13.4. The van der Waals surface area contributed by atoms with E-state index in [1.54, 1.807) is 18.3 Å². The fourth-order valence-corrected chi connectivity index (χ4v) is 3.03. The van der Waals surface area contributed by atoms with Crippen LogP contribution in [-0.2, 0) is 11.3 Å². The molecule has 0 aromatic carbocycles. The number of pyridine rings is 1. The quantitative estimate of drug-likeness (QED) is 0.863. The average Bonchev–Trinajstić information content (AvgIpc) is 2.90. The predicted molar refractivity (Wildman–Crippen MR) is 87.3 cm³/mol. The summed E-state index contributed by atoms with van der Waals surface area (Å²) >= 11 is 0. The molecule has 0 spiro atoms. The van der Waals surface area contributed by atoms with Gasteiger partial charge in [0.25, 0.3) is 0 Å². The largest absolute Gasteiger partial charge is 0.350 e. The van der Waals surface area contributed by atoms with Crippen molar-refractivity contribution in [1.82, 2.24) is 24.4 Å². The van der Waals surface area contributed by atoms with Crippen LogP contribution in [0.25, 0.3) is 5.65 Å². The van der Waals surface area contributed by atoms with Gasteiger partial charge in [-0.3, -0.25) is 9.20 Å². The Morgan fingerprint density at radius 1 is 1.35 bits per heavy atom. The highest BCUT2D eigenvalue weighted by molar-refractivity contribution is 5.76. The molecule has 2 aromatic rings. The van der Waals surface area contributed by atoms with Gasteiger partial charge in [-0.05, 0) is 44.0 Å². The molecular weight excluding hydrogens is 294 g/mol. The van der Waals surface area contributed by atoms with Crippen LogP contribution in [0.5, 0.6) is 0 Å². The summed E-state index contributed by atoms with van der Waals surface area (Å²) in [5.74, 6) is 0.606. The van der Waals surface area contributed by atoms with Crippen LogP contribution in [0.2, 0.25) is 0 Å². The van der Waals surface area contributed by atoms with E-state index >= 15 is 0 Å². The zero-order chi connectivity index (χ0) is 16.2. The summed E-state index contributed by atoms with van der Waals surface area (Å²) in [5, 5.41) is 7.57. The van der Waals surface area contributed by atoms with E-state index in [-0.39, 0.29) is 18.1 Å². The number of nitrogens with one attached hydrogen (secondary N) is 1. The maximum Gasteiger partial charge on any atom is 0.350 e. The molecule has 1 aliphatic rings. The summed E-state index contributed by atoms with van der Waals surface area (Å²) < 4.78 is 2.71. The van der Waals surface area contributed by atoms with E-state index in [1.165, 1.54) is 9.08 Å². The standard InChI is InChI=1S/C16H23N5O2/c1-2-17-11-13-6-9-19(10-7-13)15(22)12-21-16(23)20-8-4-3-5-14(20)18-21/h3-5,8,13,17H,2,6-7,9-12H2,1H3. The molecule has 0 atom stereocenters. The lowest BCUT2D eigenvalue weighted by Gasteiger charge is -2.32. The molecule has 0 aliphatic carbocycles. The van der Waals surface area contributed by atoms with E-state index in [1.807, 2.05) is 11.0 Å². The number of carbonyl (C=O) groups is 1. The van der Waals surface area contributed by atoms with Gasteiger partial charge in [-0.15, -0.1) is 5.10 Å². The maximum atomic E-state index is 12.4. The van der Waals surface area contributed by atoms with Crippen LogP contribution in [0, 0.1) is 5.92 Å². The molecule has 0 saturated carbocycles. The van der Waals surface area contributed by atoms with Gasteiger partial charge in [-0.2, -0.15) is 0 Å². The molecule has 1 fully saturated rings. The molecule has 1 saturated heterocycles. The first-order valence-corrected chi connectivity index (χ1v) is 8.21. The number of fused-ring (bicyclic) bond motifs is 1. The first-order valence-electron chi connectivity index (χ1n) is 8.21. The molecule has 0 unspecified atom stereocenters. The summed E-state index contributed by atoms with van der Waals surface area (Å²) in [4.78, 5) is 26.5. The van der Waals surface area contributed by atoms with Gasteiger partial charge < -0.3 is 10.2 Å². The smallest absolute Gasteiger partial charge is 0.341 e. The minimum atomic E-state index is -0.268. The molecule has 7 heteroatoms. The molecule has 124 valence electrons. The van der Waals surface area contributed by atoms with Crippen molar-refractivity contribution in [3.05, 3.63) is 34.9 Å². The molecule has 1 aliphatic heterocycles. The van der Waals surface area contributed by atoms with Gasteiger partial charge in [0.05, 0.1) is 0 Å². The van der Waals surface area contributed by atoms with E-state index in [0.29, 0.717) is 11.6 Å². The van der Waals surface area contributed by atoms with Crippen LogP contribution in [0.1, 0.15) is 19.8 Å². The number of aromatic nitrogens is 3. The van der Waals surface area contributed by atoms with Gasteiger partial charge in [-0.25, -0.2) is 9.48 Å². The Hall–Kier alpha value is -2.15. The van der Waals surface area contributed by atoms with Gasteiger partial charge in [0.2, 0.25) is 5.91 Å². The Bertz CT molecular complexity index is 727. The van der Waals surface area contributed by atoms with E-state index in [9.17, 15) is 9.59 Å². The maximum absolute atomic E-state index is 12.4. The highest BCUT2D eigenvalue weighted by Crippen LogP contribution is 2.16. The van der Waals surface area contributed by atoms with Crippen LogP contribution in [0.3, 0.4) is 0 Å². The molecule has 0 bridgehead atoms. The van der Waals surface area contributed by atoms with Gasteiger partial charge in [0, 0.05) is 19.3 Å². The van der Waals surface area contributed by atoms with Crippen molar-refractivity contribution in [3.8, 4) is 0 Å². The summed E-state index contributed by atoms with van der Waals surface area (Å²) in [6.45, 7) is 5.64. The number of likely N-dealkylation sites (tertiary alicyclic amines) is 1. The Morgan fingerprint density at radius 3 is 2.83 bits per heavy atom. The number of hydrogen-bond donors (Lipinski definition) is 1. The van der Waals surface area contributed by atoms with Crippen LogP contribution >= 0.6 is 0 Å². The van der Waals surface area contributed by atoms with Gasteiger partial charge in [-0.1, -0.05) is 13.0 Å². The molecule has 1 amide bonds. The summed E-state index contributed by atoms with van der Waals surface area (Å²) in [6.07, 6.45) is 3.69. The second-order valence-electron chi connectivity index (χ2n) is 6.00. The molecule has 0 radical (unpaired) electrons. The van der Waals surface area contributed by atoms with Gasteiger partial charge >= 0.3 is 5.69 Å². The Morgan fingerprint density at radius 2 is 2.13 bits per heavy atom. The van der Waals surface area contributed by atoms with Crippen LogP contribution in [0.15, 0.2) is 29.2 Å². The number of rotatable bonds is 5. The van der Waals surface area contributed by atoms with E-state index in [4.69, 9.17) is 0 Å². The third-order valence-corrected chi connectivity index (χ3v) is 4.42. The van der Waals surface area contributed by atoms with Crippen LogP contribution in [-0.4, -0.2) is 51.2 Å². The third-order valence-electron chi connectivity index (χ3n) is 4.42. The van der Waals surface area contributed by atoms with Crippen LogP contribution < -0.4 is 11.0 Å². The van der Waals surface area contributed by atoms with E-state index in [0.717, 1.165) is 39.0 Å². The second kappa shape index (κ2) is 6.95. The van der Waals surface area contributed by atoms with Crippen LogP contribution in [0.4, 0.5) is 0 Å².